The average Bonchev–Trinajstić information content (AvgIpc) is 3.11. The van der Waals surface area contributed by atoms with Gasteiger partial charge in [-0.1, -0.05) is 53.9 Å². The van der Waals surface area contributed by atoms with Crippen LogP contribution >= 0.6 is 23.2 Å². The first-order valence-electron chi connectivity index (χ1n) is 13.0. The van der Waals surface area contributed by atoms with Crippen molar-refractivity contribution >= 4 is 46.6 Å². The first-order valence-corrected chi connectivity index (χ1v) is 13.7. The number of hydrogen-bond donors (Lipinski definition) is 1. The van der Waals surface area contributed by atoms with E-state index in [-0.39, 0.29) is 30.2 Å². The van der Waals surface area contributed by atoms with Gasteiger partial charge >= 0.3 is 0 Å². The number of likely N-dealkylation sites (tertiary alicyclic amines) is 1. The Kier molecular flexibility index (Phi) is 7.63. The van der Waals surface area contributed by atoms with Gasteiger partial charge in [-0.15, -0.1) is 0 Å². The van der Waals surface area contributed by atoms with Crippen LogP contribution in [0.3, 0.4) is 0 Å². The minimum Gasteiger partial charge on any atom is -0.354 e. The summed E-state index contributed by atoms with van der Waals surface area (Å²) >= 11 is 12.2. The maximum Gasteiger partial charge on any atom is 0.250 e. The molecule has 1 saturated carbocycles. The zero-order valence-corrected chi connectivity index (χ0v) is 22.3. The van der Waals surface area contributed by atoms with Crippen molar-refractivity contribution in [1.82, 2.24) is 15.1 Å². The van der Waals surface area contributed by atoms with Crippen molar-refractivity contribution in [2.24, 2.45) is 5.92 Å². The monoisotopic (exact) mass is 542 g/mol. The predicted octanol–water partition coefficient (Wildman–Crippen LogP) is 4.12. The molecule has 3 aliphatic rings. The lowest BCUT2D eigenvalue weighted by Gasteiger charge is -2.44. The second kappa shape index (κ2) is 10.9. The lowest BCUT2D eigenvalue weighted by Crippen LogP contribution is -2.58. The smallest absolute Gasteiger partial charge is 0.250 e. The highest BCUT2D eigenvalue weighted by atomic mass is 35.5. The molecular formula is C28H32Cl2N4O3. The van der Waals surface area contributed by atoms with E-state index in [1.807, 2.05) is 41.3 Å². The Bertz CT molecular complexity index is 1160. The molecule has 0 radical (unpaired) electrons. The van der Waals surface area contributed by atoms with Gasteiger partial charge in [-0.05, 0) is 61.9 Å². The molecule has 1 N–H and O–H groups in total. The van der Waals surface area contributed by atoms with E-state index in [0.29, 0.717) is 55.6 Å². The van der Waals surface area contributed by atoms with Crippen molar-refractivity contribution in [1.29, 1.82) is 0 Å². The van der Waals surface area contributed by atoms with E-state index < -0.39 is 5.54 Å². The molecule has 2 aromatic carbocycles. The SMILES string of the molecule is O=C(CN1CN(c2ccccc2)C2(CCN(C(=O)C3CCC3)CC2)C1=O)NCCc1ccc(Cl)cc1Cl. The molecule has 2 saturated heterocycles. The molecule has 196 valence electrons. The predicted molar refractivity (Wildman–Crippen MR) is 145 cm³/mol. The number of anilines is 1. The lowest BCUT2D eigenvalue weighted by molar-refractivity contribution is -0.143. The van der Waals surface area contributed by atoms with Gasteiger partial charge in [0.2, 0.25) is 11.8 Å². The maximum absolute atomic E-state index is 13.8. The summed E-state index contributed by atoms with van der Waals surface area (Å²) in [6.45, 7) is 1.87. The fourth-order valence-electron chi connectivity index (χ4n) is 5.62. The third kappa shape index (κ3) is 5.30. The molecule has 1 spiro atoms. The van der Waals surface area contributed by atoms with Crippen molar-refractivity contribution < 1.29 is 14.4 Å². The van der Waals surface area contributed by atoms with Crippen LogP contribution in [-0.4, -0.2) is 65.9 Å². The highest BCUT2D eigenvalue weighted by Gasteiger charge is 2.54. The van der Waals surface area contributed by atoms with E-state index in [4.69, 9.17) is 23.2 Å². The number of benzene rings is 2. The zero-order valence-electron chi connectivity index (χ0n) is 20.8. The van der Waals surface area contributed by atoms with E-state index in [0.717, 1.165) is 30.5 Å². The summed E-state index contributed by atoms with van der Waals surface area (Å²) in [5, 5.41) is 4.06. The van der Waals surface area contributed by atoms with E-state index in [9.17, 15) is 14.4 Å². The van der Waals surface area contributed by atoms with Crippen LogP contribution in [-0.2, 0) is 20.8 Å². The molecule has 3 amide bonds. The number of halogens is 2. The van der Waals surface area contributed by atoms with Crippen molar-refractivity contribution in [2.75, 3.05) is 37.7 Å². The number of carbonyl (C=O) groups is 3. The first kappa shape index (κ1) is 25.9. The number of carbonyl (C=O) groups excluding carboxylic acids is 3. The van der Waals surface area contributed by atoms with E-state index in [1.54, 1.807) is 17.0 Å². The molecule has 0 unspecified atom stereocenters. The number of para-hydroxylation sites is 1. The number of rotatable bonds is 7. The molecule has 2 aliphatic heterocycles. The topological polar surface area (TPSA) is 73.0 Å². The van der Waals surface area contributed by atoms with Crippen LogP contribution in [0.25, 0.3) is 0 Å². The first-order chi connectivity index (χ1) is 17.9. The molecule has 0 atom stereocenters. The molecule has 37 heavy (non-hydrogen) atoms. The summed E-state index contributed by atoms with van der Waals surface area (Å²) in [6.07, 6.45) is 4.77. The number of nitrogens with zero attached hydrogens (tertiary/aromatic N) is 3. The molecule has 1 aliphatic carbocycles. The highest BCUT2D eigenvalue weighted by Crippen LogP contribution is 2.40. The highest BCUT2D eigenvalue weighted by molar-refractivity contribution is 6.35. The van der Waals surface area contributed by atoms with Crippen LogP contribution in [0.1, 0.15) is 37.7 Å². The Morgan fingerprint density at radius 2 is 1.76 bits per heavy atom. The number of piperidine rings is 1. The summed E-state index contributed by atoms with van der Waals surface area (Å²) < 4.78 is 0. The van der Waals surface area contributed by atoms with Crippen LogP contribution < -0.4 is 10.2 Å². The number of amides is 3. The molecule has 5 rings (SSSR count). The summed E-state index contributed by atoms with van der Waals surface area (Å²) in [5.74, 6) is 0.139. The summed E-state index contributed by atoms with van der Waals surface area (Å²) in [7, 11) is 0. The third-order valence-electron chi connectivity index (χ3n) is 8.00. The van der Waals surface area contributed by atoms with Gasteiger partial charge in [0.25, 0.3) is 5.91 Å². The van der Waals surface area contributed by atoms with Gasteiger partial charge in [0.05, 0.1) is 6.67 Å². The van der Waals surface area contributed by atoms with Crippen LogP contribution in [0.2, 0.25) is 10.0 Å². The molecule has 7 nitrogen and oxygen atoms in total. The fraction of sp³-hybridized carbons (Fsp3) is 0.464. The maximum atomic E-state index is 13.8. The van der Waals surface area contributed by atoms with E-state index in [1.165, 1.54) is 0 Å². The second-order valence-corrected chi connectivity index (χ2v) is 11.1. The van der Waals surface area contributed by atoms with Crippen molar-refractivity contribution in [2.45, 2.75) is 44.1 Å². The minimum absolute atomic E-state index is 0.0109. The largest absolute Gasteiger partial charge is 0.354 e. The fourth-order valence-corrected chi connectivity index (χ4v) is 6.13. The minimum atomic E-state index is -0.741. The van der Waals surface area contributed by atoms with Crippen molar-refractivity contribution in [3.63, 3.8) is 0 Å². The Morgan fingerprint density at radius 3 is 2.41 bits per heavy atom. The van der Waals surface area contributed by atoms with Crippen molar-refractivity contribution in [3.05, 3.63) is 64.1 Å². The summed E-state index contributed by atoms with van der Waals surface area (Å²) in [6, 6.07) is 15.2. The summed E-state index contributed by atoms with van der Waals surface area (Å²) in [5.41, 5.74) is 1.12. The van der Waals surface area contributed by atoms with Gasteiger partial charge in [-0.3, -0.25) is 14.4 Å². The van der Waals surface area contributed by atoms with Gasteiger partial charge in [-0.2, -0.15) is 0 Å². The van der Waals surface area contributed by atoms with Crippen LogP contribution in [0.15, 0.2) is 48.5 Å². The molecular weight excluding hydrogens is 511 g/mol. The normalized spacial score (nSPS) is 19.3. The van der Waals surface area contributed by atoms with Gasteiger partial charge in [-0.25, -0.2) is 0 Å². The number of nitrogens with one attached hydrogen (secondary N) is 1. The summed E-state index contributed by atoms with van der Waals surface area (Å²) in [4.78, 5) is 45.2. The Morgan fingerprint density at radius 1 is 1.03 bits per heavy atom. The molecule has 9 heteroatoms. The van der Waals surface area contributed by atoms with Gasteiger partial charge in [0.1, 0.15) is 12.1 Å². The Balaban J connectivity index is 1.24. The zero-order chi connectivity index (χ0) is 26.0. The third-order valence-corrected chi connectivity index (χ3v) is 8.59. The van der Waals surface area contributed by atoms with Crippen LogP contribution in [0.5, 0.6) is 0 Å². The number of hydrogen-bond acceptors (Lipinski definition) is 4. The standard InChI is InChI=1S/C28H32Cl2N4O3/c29-22-10-9-20(24(30)17-22)11-14-31-25(35)18-33-19-34(23-7-2-1-3-8-23)28(27(33)37)12-15-32(16-13-28)26(36)21-5-4-6-21/h1-3,7-10,17,21H,4-6,11-16,18-19H2,(H,31,35). The Labute approximate surface area is 227 Å². The second-order valence-electron chi connectivity index (χ2n) is 10.2. The van der Waals surface area contributed by atoms with E-state index in [2.05, 4.69) is 10.2 Å². The average molecular weight is 543 g/mol. The Hall–Kier alpha value is -2.77. The van der Waals surface area contributed by atoms with Crippen LogP contribution in [0.4, 0.5) is 5.69 Å². The van der Waals surface area contributed by atoms with Gasteiger partial charge < -0.3 is 20.0 Å². The molecule has 2 aromatic rings. The molecule has 0 aromatic heterocycles. The molecule has 3 fully saturated rings. The molecule has 0 bridgehead atoms. The van der Waals surface area contributed by atoms with E-state index >= 15 is 0 Å². The molecule has 2 heterocycles. The van der Waals surface area contributed by atoms with Crippen LogP contribution in [0, 0.1) is 5.92 Å². The van der Waals surface area contributed by atoms with Gasteiger partial charge in [0.15, 0.2) is 0 Å². The van der Waals surface area contributed by atoms with Crippen molar-refractivity contribution in [3.8, 4) is 0 Å². The quantitative estimate of drug-likeness (QED) is 0.571. The van der Waals surface area contributed by atoms with Gasteiger partial charge in [0, 0.05) is 41.3 Å². The lowest BCUT2D eigenvalue weighted by atomic mass is 9.81.